The Morgan fingerprint density at radius 3 is 2.50 bits per heavy atom. The van der Waals surface area contributed by atoms with Crippen molar-refractivity contribution in [2.45, 2.75) is 20.3 Å². The molecule has 18 heavy (non-hydrogen) atoms. The summed E-state index contributed by atoms with van der Waals surface area (Å²) in [6, 6.07) is 8.10. The van der Waals surface area contributed by atoms with Crippen molar-refractivity contribution in [3.05, 3.63) is 34.3 Å². The monoisotopic (exact) mass is 308 g/mol. The highest BCUT2D eigenvalue weighted by atomic mass is 79.9. The van der Waals surface area contributed by atoms with E-state index < -0.39 is 0 Å². The number of rotatable bonds is 2. The first-order valence-corrected chi connectivity index (χ1v) is 6.89. The van der Waals surface area contributed by atoms with Gasteiger partial charge in [-0.15, -0.1) is 0 Å². The second kappa shape index (κ2) is 5.22. The fraction of sp³-hybridized carbons (Fsp3) is 0.429. The molecular weight excluding hydrogens is 292 g/mol. The normalized spacial score (nSPS) is 20.3. The summed E-state index contributed by atoms with van der Waals surface area (Å²) in [5, 5.41) is 5.91. The van der Waals surface area contributed by atoms with Gasteiger partial charge in [0.15, 0.2) is 0 Å². The van der Waals surface area contributed by atoms with Gasteiger partial charge >= 0.3 is 0 Å². The molecule has 0 aliphatic carbocycles. The molecule has 0 spiro atoms. The molecule has 0 aromatic heterocycles. The SMILES string of the molecule is CC(C)C1CC(=O)N(C)N=C1c1ccc(Br)cc1. The van der Waals surface area contributed by atoms with E-state index in [0.717, 1.165) is 15.7 Å². The Morgan fingerprint density at radius 1 is 1.33 bits per heavy atom. The van der Waals surface area contributed by atoms with E-state index in [9.17, 15) is 4.79 Å². The van der Waals surface area contributed by atoms with Crippen LogP contribution in [0.4, 0.5) is 0 Å². The lowest BCUT2D eigenvalue weighted by atomic mass is 9.83. The predicted molar refractivity (Wildman–Crippen MR) is 76.4 cm³/mol. The van der Waals surface area contributed by atoms with Crippen LogP contribution in [0.1, 0.15) is 25.8 Å². The van der Waals surface area contributed by atoms with Gasteiger partial charge in [-0.2, -0.15) is 5.10 Å². The lowest BCUT2D eigenvalue weighted by molar-refractivity contribution is -0.131. The molecule has 1 aliphatic rings. The lowest BCUT2D eigenvalue weighted by Crippen LogP contribution is -2.37. The average Bonchev–Trinajstić information content (AvgIpc) is 2.33. The molecule has 1 atom stereocenters. The zero-order valence-corrected chi connectivity index (χ0v) is 12.4. The zero-order valence-electron chi connectivity index (χ0n) is 10.9. The van der Waals surface area contributed by atoms with Crippen LogP contribution in [0.15, 0.2) is 33.8 Å². The van der Waals surface area contributed by atoms with Crippen LogP contribution in [0, 0.1) is 11.8 Å². The number of carbonyl (C=O) groups is 1. The maximum Gasteiger partial charge on any atom is 0.243 e. The highest BCUT2D eigenvalue weighted by molar-refractivity contribution is 9.10. The number of carbonyl (C=O) groups excluding carboxylic acids is 1. The topological polar surface area (TPSA) is 32.7 Å². The van der Waals surface area contributed by atoms with Crippen molar-refractivity contribution in [1.82, 2.24) is 5.01 Å². The van der Waals surface area contributed by atoms with E-state index in [2.05, 4.69) is 34.9 Å². The predicted octanol–water partition coefficient (Wildman–Crippen LogP) is 3.29. The number of amides is 1. The Bertz CT molecular complexity index is 479. The van der Waals surface area contributed by atoms with Crippen LogP contribution < -0.4 is 0 Å². The van der Waals surface area contributed by atoms with Crippen molar-refractivity contribution < 1.29 is 4.79 Å². The van der Waals surface area contributed by atoms with Crippen molar-refractivity contribution in [3.63, 3.8) is 0 Å². The van der Waals surface area contributed by atoms with Gasteiger partial charge in [-0.3, -0.25) is 4.79 Å². The van der Waals surface area contributed by atoms with Crippen LogP contribution in [-0.4, -0.2) is 23.7 Å². The molecule has 1 aliphatic heterocycles. The standard InChI is InChI=1S/C14H17BrN2O/c1-9(2)12-8-13(18)17(3)16-14(12)10-4-6-11(15)7-5-10/h4-7,9,12H,8H2,1-3H3. The van der Waals surface area contributed by atoms with Crippen LogP contribution in [0.2, 0.25) is 0 Å². The molecule has 1 aromatic carbocycles. The van der Waals surface area contributed by atoms with E-state index in [1.165, 1.54) is 5.01 Å². The van der Waals surface area contributed by atoms with Crippen LogP contribution in [-0.2, 0) is 4.79 Å². The number of halogens is 1. The highest BCUT2D eigenvalue weighted by Gasteiger charge is 2.30. The summed E-state index contributed by atoms with van der Waals surface area (Å²) in [6.07, 6.45) is 0.545. The minimum absolute atomic E-state index is 0.0922. The molecule has 0 saturated carbocycles. The van der Waals surface area contributed by atoms with Crippen LogP contribution in [0.25, 0.3) is 0 Å². The maximum absolute atomic E-state index is 11.8. The first kappa shape index (κ1) is 13.3. The molecule has 0 N–H and O–H groups in total. The first-order chi connectivity index (χ1) is 8.49. The van der Waals surface area contributed by atoms with E-state index >= 15 is 0 Å². The van der Waals surface area contributed by atoms with Gasteiger partial charge < -0.3 is 0 Å². The van der Waals surface area contributed by atoms with Gasteiger partial charge in [0.1, 0.15) is 0 Å². The van der Waals surface area contributed by atoms with E-state index in [1.807, 2.05) is 24.3 Å². The van der Waals surface area contributed by atoms with Crippen molar-refractivity contribution >= 4 is 27.5 Å². The van der Waals surface area contributed by atoms with Gasteiger partial charge in [-0.1, -0.05) is 41.9 Å². The number of nitrogens with zero attached hydrogens (tertiary/aromatic N) is 2. The van der Waals surface area contributed by atoms with Crippen molar-refractivity contribution in [2.75, 3.05) is 7.05 Å². The summed E-state index contributed by atoms with van der Waals surface area (Å²) in [6.45, 7) is 4.27. The van der Waals surface area contributed by atoms with E-state index in [-0.39, 0.29) is 11.8 Å². The summed E-state index contributed by atoms with van der Waals surface area (Å²) in [7, 11) is 1.72. The van der Waals surface area contributed by atoms with E-state index in [0.29, 0.717) is 12.3 Å². The molecule has 96 valence electrons. The Morgan fingerprint density at radius 2 is 1.94 bits per heavy atom. The fourth-order valence-electron chi connectivity index (χ4n) is 2.15. The first-order valence-electron chi connectivity index (χ1n) is 6.10. The van der Waals surface area contributed by atoms with Gasteiger partial charge in [-0.25, -0.2) is 5.01 Å². The smallest absolute Gasteiger partial charge is 0.243 e. The Kier molecular flexibility index (Phi) is 3.85. The molecule has 1 unspecified atom stereocenters. The second-order valence-electron chi connectivity index (χ2n) is 4.96. The van der Waals surface area contributed by atoms with Gasteiger partial charge in [-0.05, 0) is 23.6 Å². The minimum Gasteiger partial charge on any atom is -0.273 e. The Balaban J connectivity index is 2.41. The summed E-state index contributed by atoms with van der Waals surface area (Å²) in [5.41, 5.74) is 2.11. The van der Waals surface area contributed by atoms with Gasteiger partial charge in [0.05, 0.1) is 5.71 Å². The lowest BCUT2D eigenvalue weighted by Gasteiger charge is -2.29. The van der Waals surface area contributed by atoms with Crippen molar-refractivity contribution in [3.8, 4) is 0 Å². The molecule has 1 amide bonds. The summed E-state index contributed by atoms with van der Waals surface area (Å²) >= 11 is 3.43. The molecule has 0 radical (unpaired) electrons. The molecule has 4 heteroatoms. The summed E-state index contributed by atoms with van der Waals surface area (Å²) in [4.78, 5) is 11.8. The molecule has 0 fully saturated rings. The molecule has 0 bridgehead atoms. The molecule has 3 nitrogen and oxygen atoms in total. The summed E-state index contributed by atoms with van der Waals surface area (Å²) < 4.78 is 1.05. The molecular formula is C14H17BrN2O. The maximum atomic E-state index is 11.8. The Labute approximate surface area is 116 Å². The molecule has 2 rings (SSSR count). The fourth-order valence-corrected chi connectivity index (χ4v) is 2.42. The average molecular weight is 309 g/mol. The van der Waals surface area contributed by atoms with Crippen molar-refractivity contribution in [2.24, 2.45) is 16.9 Å². The van der Waals surface area contributed by atoms with Gasteiger partial charge in [0.25, 0.3) is 0 Å². The number of benzene rings is 1. The highest BCUT2D eigenvalue weighted by Crippen LogP contribution is 2.27. The molecule has 0 saturated heterocycles. The summed E-state index contributed by atoms with van der Waals surface area (Å²) in [5.74, 6) is 0.703. The minimum atomic E-state index is 0.0922. The second-order valence-corrected chi connectivity index (χ2v) is 5.88. The molecule has 1 heterocycles. The van der Waals surface area contributed by atoms with Crippen LogP contribution in [0.5, 0.6) is 0 Å². The number of hydrazone groups is 1. The van der Waals surface area contributed by atoms with Gasteiger partial charge in [0, 0.05) is 23.9 Å². The third kappa shape index (κ3) is 2.64. The zero-order chi connectivity index (χ0) is 13.3. The third-order valence-electron chi connectivity index (χ3n) is 3.31. The van der Waals surface area contributed by atoms with E-state index in [4.69, 9.17) is 0 Å². The van der Waals surface area contributed by atoms with Gasteiger partial charge in [0.2, 0.25) is 5.91 Å². The van der Waals surface area contributed by atoms with E-state index in [1.54, 1.807) is 7.05 Å². The Hall–Kier alpha value is -1.16. The number of hydrogen-bond acceptors (Lipinski definition) is 2. The largest absolute Gasteiger partial charge is 0.273 e. The van der Waals surface area contributed by atoms with Crippen LogP contribution >= 0.6 is 15.9 Å². The third-order valence-corrected chi connectivity index (χ3v) is 3.84. The van der Waals surface area contributed by atoms with Crippen molar-refractivity contribution in [1.29, 1.82) is 0 Å². The quantitative estimate of drug-likeness (QED) is 0.825. The van der Waals surface area contributed by atoms with Crippen LogP contribution in [0.3, 0.4) is 0 Å². The number of hydrogen-bond donors (Lipinski definition) is 0. The molecule has 1 aromatic rings.